The minimum atomic E-state index is -0.173. The summed E-state index contributed by atoms with van der Waals surface area (Å²) in [4.78, 5) is 0. The zero-order chi connectivity index (χ0) is 36.0. The summed E-state index contributed by atoms with van der Waals surface area (Å²) in [6, 6.07) is 49.4. The molecule has 0 saturated heterocycles. The van der Waals surface area contributed by atoms with Crippen molar-refractivity contribution in [2.24, 2.45) is 0 Å². The molecule has 0 nitrogen and oxygen atoms in total. The second-order valence-corrected chi connectivity index (χ2v) is 16.5. The van der Waals surface area contributed by atoms with Crippen LogP contribution in [0.1, 0.15) is 81.3 Å². The van der Waals surface area contributed by atoms with Crippen LogP contribution in [0.15, 0.2) is 152 Å². The summed E-state index contributed by atoms with van der Waals surface area (Å²) in [6.07, 6.45) is 11.2. The van der Waals surface area contributed by atoms with Gasteiger partial charge in [0.2, 0.25) is 0 Å². The minimum Gasteiger partial charge on any atom is -0.0801 e. The summed E-state index contributed by atoms with van der Waals surface area (Å²) in [5, 5.41) is 5.40. The molecule has 0 heterocycles. The first-order valence-electron chi connectivity index (χ1n) is 18.8. The molecule has 2 aliphatic rings. The van der Waals surface area contributed by atoms with Gasteiger partial charge in [-0.3, -0.25) is 0 Å². The van der Waals surface area contributed by atoms with E-state index >= 15 is 0 Å². The molecule has 6 aromatic rings. The van der Waals surface area contributed by atoms with Crippen molar-refractivity contribution in [2.45, 2.75) is 65.2 Å². The number of hydrogen-bond acceptors (Lipinski definition) is 0. The summed E-state index contributed by atoms with van der Waals surface area (Å²) in [5.41, 5.74) is 15.9. The van der Waals surface area contributed by atoms with Crippen molar-refractivity contribution in [1.82, 2.24) is 0 Å². The quantitative estimate of drug-likeness (QED) is 0.165. The maximum Gasteiger partial charge on any atom is -0.00135 e. The first kappa shape index (κ1) is 33.7. The molecule has 0 amide bonds. The Kier molecular flexibility index (Phi) is 8.59. The summed E-state index contributed by atoms with van der Waals surface area (Å²) in [7, 11) is 0. The number of hydrogen-bond donors (Lipinski definition) is 0. The van der Waals surface area contributed by atoms with Crippen molar-refractivity contribution in [3.63, 3.8) is 0 Å². The van der Waals surface area contributed by atoms with E-state index in [0.717, 1.165) is 12.8 Å². The molecular formula is C52H48. The molecule has 0 aliphatic heterocycles. The fourth-order valence-electron chi connectivity index (χ4n) is 8.46. The van der Waals surface area contributed by atoms with Crippen molar-refractivity contribution in [3.8, 4) is 22.3 Å². The van der Waals surface area contributed by atoms with Crippen molar-refractivity contribution in [3.05, 3.63) is 206 Å². The van der Waals surface area contributed by atoms with Crippen LogP contribution in [-0.2, 0) is 17.3 Å². The van der Waals surface area contributed by atoms with Gasteiger partial charge in [0.05, 0.1) is 0 Å². The van der Waals surface area contributed by atoms with Crippen LogP contribution in [0.25, 0.3) is 39.5 Å². The Morgan fingerprint density at radius 3 is 1.79 bits per heavy atom. The highest BCUT2D eigenvalue weighted by Crippen LogP contribution is 2.43. The van der Waals surface area contributed by atoms with Gasteiger partial charge in [-0.1, -0.05) is 181 Å². The summed E-state index contributed by atoms with van der Waals surface area (Å²) < 4.78 is 0. The van der Waals surface area contributed by atoms with Gasteiger partial charge in [-0.2, -0.15) is 0 Å². The Labute approximate surface area is 309 Å². The second kappa shape index (κ2) is 13.3. The Hall–Kier alpha value is -5.46. The molecule has 0 aromatic heterocycles. The van der Waals surface area contributed by atoms with Crippen molar-refractivity contribution in [1.29, 1.82) is 0 Å². The fraction of sp³-hybridized carbons (Fsp3) is 0.192. The number of allylic oxidation sites excluding steroid dienone is 4. The topological polar surface area (TPSA) is 0 Å². The molecule has 0 saturated carbocycles. The van der Waals surface area contributed by atoms with E-state index in [1.54, 1.807) is 0 Å². The van der Waals surface area contributed by atoms with Gasteiger partial charge in [0, 0.05) is 0 Å². The van der Waals surface area contributed by atoms with E-state index in [1.807, 2.05) is 0 Å². The monoisotopic (exact) mass is 672 g/mol. The summed E-state index contributed by atoms with van der Waals surface area (Å²) >= 11 is 0. The van der Waals surface area contributed by atoms with E-state index in [2.05, 4.69) is 199 Å². The van der Waals surface area contributed by atoms with E-state index in [-0.39, 0.29) is 10.8 Å². The molecule has 2 aliphatic carbocycles. The molecule has 0 fully saturated rings. The Morgan fingerprint density at radius 1 is 0.615 bits per heavy atom. The van der Waals surface area contributed by atoms with Crippen LogP contribution in [0.3, 0.4) is 0 Å². The zero-order valence-electron chi connectivity index (χ0n) is 31.4. The summed E-state index contributed by atoms with van der Waals surface area (Å²) in [6.45, 7) is 14.3. The van der Waals surface area contributed by atoms with Crippen LogP contribution < -0.4 is 10.4 Å². The lowest BCUT2D eigenvalue weighted by Crippen LogP contribution is -2.30. The molecular weight excluding hydrogens is 625 g/mol. The maximum absolute atomic E-state index is 2.55. The molecule has 6 aromatic carbocycles. The lowest BCUT2D eigenvalue weighted by Gasteiger charge is -2.30. The molecule has 0 bridgehead atoms. The first-order chi connectivity index (χ1) is 25.1. The molecule has 0 atom stereocenters. The molecule has 8 rings (SSSR count). The third kappa shape index (κ3) is 6.11. The van der Waals surface area contributed by atoms with Crippen LogP contribution in [0, 0.1) is 10.4 Å². The van der Waals surface area contributed by atoms with Gasteiger partial charge in [0.25, 0.3) is 0 Å². The van der Waals surface area contributed by atoms with E-state index in [9.17, 15) is 0 Å². The third-order valence-electron chi connectivity index (χ3n) is 10.7. The average molecular weight is 673 g/mol. The lowest BCUT2D eigenvalue weighted by atomic mass is 9.73. The Balaban J connectivity index is 1.70. The van der Waals surface area contributed by atoms with Crippen LogP contribution in [0.2, 0.25) is 0 Å². The van der Waals surface area contributed by atoms with Crippen molar-refractivity contribution >= 4 is 17.2 Å². The van der Waals surface area contributed by atoms with Crippen LogP contribution in [0.4, 0.5) is 0 Å². The van der Waals surface area contributed by atoms with Gasteiger partial charge in [0.1, 0.15) is 0 Å². The fourth-order valence-corrected chi connectivity index (χ4v) is 8.46. The van der Waals surface area contributed by atoms with Crippen LogP contribution >= 0.6 is 0 Å². The van der Waals surface area contributed by atoms with E-state index < -0.39 is 0 Å². The normalized spacial score (nSPS) is 14.1. The van der Waals surface area contributed by atoms with Gasteiger partial charge in [-0.05, 0) is 130 Å². The average Bonchev–Trinajstić information content (AvgIpc) is 3.82. The predicted octanol–water partition coefficient (Wildman–Crippen LogP) is 11.8. The third-order valence-corrected chi connectivity index (χ3v) is 10.7. The van der Waals surface area contributed by atoms with Gasteiger partial charge >= 0.3 is 0 Å². The molecule has 0 radical (unpaired) electrons. The van der Waals surface area contributed by atoms with E-state index in [1.165, 1.54) is 87.7 Å². The lowest BCUT2D eigenvalue weighted by molar-refractivity contribution is 0.586. The number of benzene rings is 6. The first-order valence-corrected chi connectivity index (χ1v) is 18.8. The number of fused-ring (bicyclic) bond motifs is 2. The maximum atomic E-state index is 2.55. The molecule has 0 spiro atoms. The standard InChI is InChI=1S/C52H48/c1-51(2,3)45-34-43-40(32-41(45)36-23-13-8-14-24-36)33-44-46(38-29-19-20-30-38)47(39-27-17-10-18-28-39)50(52(4,5)6)49(48(43)44)42(37-25-15-9-16-26-37)31-35-21-11-7-12-22-35/h7-29,32-34H,30-31H2,1-6H3. The molecule has 0 heteroatoms. The van der Waals surface area contributed by atoms with E-state index in [4.69, 9.17) is 0 Å². The molecule has 52 heavy (non-hydrogen) atoms. The highest BCUT2D eigenvalue weighted by molar-refractivity contribution is 5.93. The smallest absolute Gasteiger partial charge is 0.00135 e. The van der Waals surface area contributed by atoms with E-state index in [0.29, 0.717) is 0 Å². The van der Waals surface area contributed by atoms with Gasteiger partial charge in [-0.25, -0.2) is 0 Å². The highest BCUT2D eigenvalue weighted by Gasteiger charge is 2.31. The molecule has 0 N–H and O–H groups in total. The van der Waals surface area contributed by atoms with Crippen molar-refractivity contribution < 1.29 is 0 Å². The Bertz CT molecular complexity index is 2570. The van der Waals surface area contributed by atoms with Gasteiger partial charge in [-0.15, -0.1) is 0 Å². The number of rotatable bonds is 6. The van der Waals surface area contributed by atoms with Crippen molar-refractivity contribution in [2.75, 3.05) is 0 Å². The minimum absolute atomic E-state index is 0.0588. The predicted molar refractivity (Wildman–Crippen MR) is 222 cm³/mol. The highest BCUT2D eigenvalue weighted by atomic mass is 14.3. The summed E-state index contributed by atoms with van der Waals surface area (Å²) in [5.74, 6) is 0. The van der Waals surface area contributed by atoms with Gasteiger partial charge < -0.3 is 0 Å². The van der Waals surface area contributed by atoms with Crippen LogP contribution in [0.5, 0.6) is 0 Å². The van der Waals surface area contributed by atoms with Gasteiger partial charge in [0.15, 0.2) is 0 Å². The largest absolute Gasteiger partial charge is 0.0801 e. The Morgan fingerprint density at radius 2 is 1.21 bits per heavy atom. The second-order valence-electron chi connectivity index (χ2n) is 16.5. The SMILES string of the molecule is CC(C)(C)c1cc2c(cc1-c1ccccc1)=Cc1c(C3=CC=CC3)c(-c3ccccc3)c(C(C)(C)C)c(=C(Cc3ccccc3)c3ccccc3)c1=2. The van der Waals surface area contributed by atoms with Crippen LogP contribution in [-0.4, -0.2) is 0 Å². The molecule has 256 valence electrons. The molecule has 0 unspecified atom stereocenters. The zero-order valence-corrected chi connectivity index (χ0v) is 31.4.